The summed E-state index contributed by atoms with van der Waals surface area (Å²) in [5.41, 5.74) is 3.64. The highest BCUT2D eigenvalue weighted by atomic mass is 16.5. The zero-order valence-electron chi connectivity index (χ0n) is 19.7. The third-order valence-corrected chi connectivity index (χ3v) is 7.48. The smallest absolute Gasteiger partial charge is 0.407 e. The van der Waals surface area contributed by atoms with Gasteiger partial charge in [0.25, 0.3) is 0 Å². The van der Waals surface area contributed by atoms with Crippen LogP contribution in [0.25, 0.3) is 11.1 Å². The average molecular weight is 465 g/mol. The maximum absolute atomic E-state index is 12.9. The van der Waals surface area contributed by atoms with Crippen LogP contribution in [0.3, 0.4) is 0 Å². The van der Waals surface area contributed by atoms with E-state index in [1.54, 1.807) is 0 Å². The van der Waals surface area contributed by atoms with E-state index in [1.807, 2.05) is 38.1 Å². The Morgan fingerprint density at radius 2 is 1.65 bits per heavy atom. The summed E-state index contributed by atoms with van der Waals surface area (Å²) >= 11 is 0. The maximum atomic E-state index is 12.9. The van der Waals surface area contributed by atoms with E-state index in [0.29, 0.717) is 19.3 Å². The number of ether oxygens (including phenoxy) is 1. The second-order valence-electron chi connectivity index (χ2n) is 9.49. The molecule has 2 aromatic carbocycles. The Balaban J connectivity index is 1.39. The fraction of sp³-hybridized carbons (Fsp3) is 0.444. The van der Waals surface area contributed by atoms with Crippen molar-refractivity contribution in [3.63, 3.8) is 0 Å². The van der Waals surface area contributed by atoms with Gasteiger partial charge in [0.15, 0.2) is 0 Å². The maximum Gasteiger partial charge on any atom is 0.407 e. The van der Waals surface area contributed by atoms with E-state index in [4.69, 9.17) is 4.74 Å². The molecule has 0 radical (unpaired) electrons. The molecule has 34 heavy (non-hydrogen) atoms. The lowest BCUT2D eigenvalue weighted by atomic mass is 9.68. The highest BCUT2D eigenvalue weighted by molar-refractivity contribution is 5.87. The first-order valence-corrected chi connectivity index (χ1v) is 12.0. The first-order chi connectivity index (χ1) is 16.4. The van der Waals surface area contributed by atoms with E-state index >= 15 is 0 Å². The number of fused-ring (bicyclic) bond motifs is 3. The monoisotopic (exact) mass is 464 g/mol. The van der Waals surface area contributed by atoms with Gasteiger partial charge in [0.1, 0.15) is 12.6 Å². The standard InChI is InChI=1S/C27H32N2O5/c1-3-17(2)23(24(30)28-16-27(25(31)32)13-8-14-27)29-26(33)34-15-22-20-11-6-4-9-18(20)19-10-5-7-12-21(19)22/h4-7,9-12,17,22-23H,3,8,13-16H2,1-2H3,(H,28,30)(H,29,33)(H,31,32)/t17-,23-/m0/s1. The second-order valence-corrected chi connectivity index (χ2v) is 9.49. The van der Waals surface area contributed by atoms with Gasteiger partial charge in [-0.15, -0.1) is 0 Å². The van der Waals surface area contributed by atoms with Gasteiger partial charge in [-0.25, -0.2) is 4.79 Å². The van der Waals surface area contributed by atoms with Gasteiger partial charge in [0, 0.05) is 12.5 Å². The van der Waals surface area contributed by atoms with Crippen molar-refractivity contribution in [1.29, 1.82) is 0 Å². The molecule has 0 unspecified atom stereocenters. The van der Waals surface area contributed by atoms with Crippen LogP contribution in [-0.4, -0.2) is 42.3 Å². The number of hydrogen-bond donors (Lipinski definition) is 3. The summed E-state index contributed by atoms with van der Waals surface area (Å²) in [4.78, 5) is 37.2. The number of carbonyl (C=O) groups excluding carboxylic acids is 2. The fourth-order valence-corrected chi connectivity index (χ4v) is 4.91. The van der Waals surface area contributed by atoms with Crippen molar-refractivity contribution in [2.75, 3.05) is 13.2 Å². The Morgan fingerprint density at radius 1 is 1.06 bits per heavy atom. The first kappa shape index (κ1) is 23.8. The number of carboxylic acids is 1. The minimum Gasteiger partial charge on any atom is -0.481 e. The third kappa shape index (κ3) is 4.52. The van der Waals surface area contributed by atoms with Gasteiger partial charge in [0.05, 0.1) is 5.41 Å². The number of benzene rings is 2. The predicted octanol–water partition coefficient (Wildman–Crippen LogP) is 4.31. The summed E-state index contributed by atoms with van der Waals surface area (Å²) in [7, 11) is 0. The molecule has 3 N–H and O–H groups in total. The van der Waals surface area contributed by atoms with Crippen LogP contribution in [0.15, 0.2) is 48.5 Å². The quantitative estimate of drug-likeness (QED) is 0.513. The van der Waals surface area contributed by atoms with Crippen LogP contribution in [0.1, 0.15) is 56.6 Å². The molecule has 180 valence electrons. The fourth-order valence-electron chi connectivity index (χ4n) is 4.91. The first-order valence-electron chi connectivity index (χ1n) is 12.0. The summed E-state index contributed by atoms with van der Waals surface area (Å²) in [6.07, 6.45) is 1.96. The zero-order chi connectivity index (χ0) is 24.3. The molecule has 0 bridgehead atoms. The molecule has 7 heteroatoms. The van der Waals surface area contributed by atoms with Crippen molar-refractivity contribution in [3.05, 3.63) is 59.7 Å². The molecule has 0 heterocycles. The minimum absolute atomic E-state index is 0.0666. The van der Waals surface area contributed by atoms with Gasteiger partial charge in [-0.05, 0) is 41.0 Å². The Bertz CT molecular complexity index is 1030. The lowest BCUT2D eigenvalue weighted by Crippen LogP contribution is -2.54. The molecule has 2 aromatic rings. The van der Waals surface area contributed by atoms with Gasteiger partial charge in [-0.2, -0.15) is 0 Å². The molecular formula is C27H32N2O5. The highest BCUT2D eigenvalue weighted by Gasteiger charge is 2.45. The zero-order valence-corrected chi connectivity index (χ0v) is 19.7. The molecule has 2 amide bonds. The molecule has 0 saturated heterocycles. The summed E-state index contributed by atoms with van der Waals surface area (Å²) in [6.45, 7) is 4.05. The number of carboxylic acid groups (broad SMARTS) is 1. The molecular weight excluding hydrogens is 432 g/mol. The van der Waals surface area contributed by atoms with Crippen LogP contribution < -0.4 is 10.6 Å². The van der Waals surface area contributed by atoms with Crippen LogP contribution in [0.2, 0.25) is 0 Å². The minimum atomic E-state index is -0.889. The Labute approximate surface area is 199 Å². The van der Waals surface area contributed by atoms with Gasteiger partial charge < -0.3 is 20.5 Å². The van der Waals surface area contributed by atoms with Crippen LogP contribution >= 0.6 is 0 Å². The van der Waals surface area contributed by atoms with Crippen molar-refractivity contribution in [2.24, 2.45) is 11.3 Å². The molecule has 2 aliphatic carbocycles. The van der Waals surface area contributed by atoms with Crippen LogP contribution in [0, 0.1) is 11.3 Å². The molecule has 7 nitrogen and oxygen atoms in total. The number of hydrogen-bond acceptors (Lipinski definition) is 4. The van der Waals surface area contributed by atoms with Crippen molar-refractivity contribution >= 4 is 18.0 Å². The third-order valence-electron chi connectivity index (χ3n) is 7.48. The normalized spacial score (nSPS) is 17.5. The van der Waals surface area contributed by atoms with E-state index in [1.165, 1.54) is 0 Å². The second kappa shape index (κ2) is 9.87. The van der Waals surface area contributed by atoms with E-state index in [2.05, 4.69) is 34.9 Å². The number of aliphatic carboxylic acids is 1. The van der Waals surface area contributed by atoms with Crippen LogP contribution in [0.5, 0.6) is 0 Å². The van der Waals surface area contributed by atoms with Crippen LogP contribution in [0.4, 0.5) is 4.79 Å². The summed E-state index contributed by atoms with van der Waals surface area (Å²) in [6, 6.07) is 15.4. The van der Waals surface area contributed by atoms with Gasteiger partial charge in [-0.3, -0.25) is 9.59 Å². The van der Waals surface area contributed by atoms with Crippen molar-refractivity contribution in [1.82, 2.24) is 10.6 Å². The highest BCUT2D eigenvalue weighted by Crippen LogP contribution is 2.44. The van der Waals surface area contributed by atoms with E-state index in [9.17, 15) is 19.5 Å². The SMILES string of the molecule is CC[C@H](C)[C@H](NC(=O)OCC1c2ccccc2-c2ccccc21)C(=O)NCC1(C(=O)O)CCC1. The molecule has 1 saturated carbocycles. The summed E-state index contributed by atoms with van der Waals surface area (Å²) in [5, 5.41) is 15.0. The number of nitrogens with one attached hydrogen (secondary N) is 2. The van der Waals surface area contributed by atoms with E-state index < -0.39 is 23.5 Å². The molecule has 4 rings (SSSR count). The van der Waals surface area contributed by atoms with E-state index in [0.717, 1.165) is 28.7 Å². The topological polar surface area (TPSA) is 105 Å². The molecule has 2 aliphatic rings. The average Bonchev–Trinajstić information content (AvgIpc) is 3.13. The Morgan fingerprint density at radius 3 is 2.15 bits per heavy atom. The molecule has 1 fully saturated rings. The number of amides is 2. The van der Waals surface area contributed by atoms with Gasteiger partial charge in [0.2, 0.25) is 5.91 Å². The molecule has 0 spiro atoms. The molecule has 0 aliphatic heterocycles. The van der Waals surface area contributed by atoms with E-state index in [-0.39, 0.29) is 30.9 Å². The Hall–Kier alpha value is -3.35. The largest absolute Gasteiger partial charge is 0.481 e. The van der Waals surface area contributed by atoms with Crippen molar-refractivity contribution < 1.29 is 24.2 Å². The summed E-state index contributed by atoms with van der Waals surface area (Å²) in [5.74, 6) is -1.47. The molecule has 2 atom stereocenters. The Kier molecular flexibility index (Phi) is 6.91. The van der Waals surface area contributed by atoms with Gasteiger partial charge >= 0.3 is 12.1 Å². The number of rotatable bonds is 9. The predicted molar refractivity (Wildman–Crippen MR) is 128 cm³/mol. The van der Waals surface area contributed by atoms with Crippen LogP contribution in [-0.2, 0) is 14.3 Å². The lowest BCUT2D eigenvalue weighted by molar-refractivity contribution is -0.154. The number of alkyl carbamates (subject to hydrolysis) is 1. The van der Waals surface area contributed by atoms with Crippen molar-refractivity contribution in [3.8, 4) is 11.1 Å². The van der Waals surface area contributed by atoms with Crippen molar-refractivity contribution in [2.45, 2.75) is 51.5 Å². The molecule has 0 aromatic heterocycles. The van der Waals surface area contributed by atoms with Gasteiger partial charge in [-0.1, -0.05) is 75.2 Å². The summed E-state index contributed by atoms with van der Waals surface area (Å²) < 4.78 is 5.61. The lowest BCUT2D eigenvalue weighted by Gasteiger charge is -2.38. The number of carbonyl (C=O) groups is 3.